The highest BCUT2D eigenvalue weighted by Crippen LogP contribution is 2.24. The molecule has 1 heterocycles. The highest BCUT2D eigenvalue weighted by atomic mass is 79.9. The van der Waals surface area contributed by atoms with Gasteiger partial charge in [0.15, 0.2) is 5.79 Å². The number of halogens is 1. The van der Waals surface area contributed by atoms with Crippen molar-refractivity contribution in [2.45, 2.75) is 32.3 Å². The summed E-state index contributed by atoms with van der Waals surface area (Å²) >= 11 is 3.47. The van der Waals surface area contributed by atoms with Crippen molar-refractivity contribution in [1.29, 1.82) is 0 Å². The second-order valence-corrected chi connectivity index (χ2v) is 6.24. The largest absolute Gasteiger partial charge is 0.481 e. The Morgan fingerprint density at radius 3 is 3.00 bits per heavy atom. The second-order valence-electron chi connectivity index (χ2n) is 5.33. The van der Waals surface area contributed by atoms with Gasteiger partial charge in [-0.25, -0.2) is 0 Å². The molecule has 0 bridgehead atoms. The Bertz CT molecular complexity index is 525. The number of hydrogen-bond donors (Lipinski definition) is 1. The van der Waals surface area contributed by atoms with Crippen molar-refractivity contribution in [2.75, 3.05) is 19.8 Å². The standard InChI is InChI=1S/C16H20BrNO3/c1-4-7-19-15-6-5-13(17)8-12(15)9-18-10-14-11-20-16(2,3)21-14/h1,5-6,8,14,18H,7,9-11H2,2-3H3. The third-order valence-electron chi connectivity index (χ3n) is 3.09. The van der Waals surface area contributed by atoms with Crippen molar-refractivity contribution in [1.82, 2.24) is 5.32 Å². The van der Waals surface area contributed by atoms with Crippen LogP contribution in [-0.2, 0) is 16.0 Å². The molecule has 0 saturated carbocycles. The SMILES string of the molecule is C#CCOc1ccc(Br)cc1CNCC1COC(C)(C)O1. The molecular weight excluding hydrogens is 334 g/mol. The molecule has 1 aliphatic heterocycles. The summed E-state index contributed by atoms with van der Waals surface area (Å²) < 4.78 is 17.8. The molecule has 0 radical (unpaired) electrons. The predicted octanol–water partition coefficient (Wildman–Crippen LogP) is 2.70. The fraction of sp³-hybridized carbons (Fsp3) is 0.500. The average molecular weight is 354 g/mol. The van der Waals surface area contributed by atoms with Gasteiger partial charge in [-0.05, 0) is 32.0 Å². The van der Waals surface area contributed by atoms with E-state index < -0.39 is 5.79 Å². The minimum atomic E-state index is -0.483. The second kappa shape index (κ2) is 7.28. The van der Waals surface area contributed by atoms with E-state index in [1.165, 1.54) is 0 Å². The van der Waals surface area contributed by atoms with E-state index in [1.807, 2.05) is 32.0 Å². The summed E-state index contributed by atoms with van der Waals surface area (Å²) in [4.78, 5) is 0. The number of ether oxygens (including phenoxy) is 3. The van der Waals surface area contributed by atoms with Gasteiger partial charge in [-0.3, -0.25) is 0 Å². The summed E-state index contributed by atoms with van der Waals surface area (Å²) in [5, 5.41) is 3.37. The van der Waals surface area contributed by atoms with E-state index in [0.29, 0.717) is 13.2 Å². The lowest BCUT2D eigenvalue weighted by atomic mass is 10.2. The van der Waals surface area contributed by atoms with E-state index in [1.54, 1.807) is 0 Å². The quantitative estimate of drug-likeness (QED) is 0.798. The Morgan fingerprint density at radius 2 is 2.33 bits per heavy atom. The summed E-state index contributed by atoms with van der Waals surface area (Å²) in [6, 6.07) is 5.87. The first-order chi connectivity index (χ1) is 10.00. The maximum atomic E-state index is 5.75. The zero-order valence-electron chi connectivity index (χ0n) is 12.3. The zero-order chi connectivity index (χ0) is 15.3. The summed E-state index contributed by atoms with van der Waals surface area (Å²) in [5.41, 5.74) is 1.05. The maximum Gasteiger partial charge on any atom is 0.163 e. The molecule has 1 aliphatic rings. The first-order valence-corrected chi connectivity index (χ1v) is 7.66. The van der Waals surface area contributed by atoms with Crippen molar-refractivity contribution >= 4 is 15.9 Å². The summed E-state index contributed by atoms with van der Waals surface area (Å²) in [7, 11) is 0. The molecule has 1 aromatic rings. The lowest BCUT2D eigenvalue weighted by Crippen LogP contribution is -2.30. The first-order valence-electron chi connectivity index (χ1n) is 6.87. The first kappa shape index (κ1) is 16.3. The van der Waals surface area contributed by atoms with Crippen LogP contribution in [0.25, 0.3) is 0 Å². The van der Waals surface area contributed by atoms with Crippen molar-refractivity contribution < 1.29 is 14.2 Å². The fourth-order valence-corrected chi connectivity index (χ4v) is 2.59. The van der Waals surface area contributed by atoms with E-state index in [9.17, 15) is 0 Å². The molecule has 4 nitrogen and oxygen atoms in total. The van der Waals surface area contributed by atoms with E-state index in [-0.39, 0.29) is 12.7 Å². The van der Waals surface area contributed by atoms with E-state index in [2.05, 4.69) is 27.2 Å². The van der Waals surface area contributed by atoms with Crippen molar-refractivity contribution in [3.8, 4) is 18.1 Å². The molecule has 0 aliphatic carbocycles. The molecule has 1 atom stereocenters. The molecule has 0 spiro atoms. The average Bonchev–Trinajstić information content (AvgIpc) is 2.77. The molecule has 5 heteroatoms. The Morgan fingerprint density at radius 1 is 1.52 bits per heavy atom. The molecule has 1 fully saturated rings. The zero-order valence-corrected chi connectivity index (χ0v) is 13.9. The van der Waals surface area contributed by atoms with Crippen molar-refractivity contribution in [2.24, 2.45) is 0 Å². The van der Waals surface area contributed by atoms with Crippen LogP contribution in [0.4, 0.5) is 0 Å². The predicted molar refractivity (Wildman–Crippen MR) is 85.1 cm³/mol. The van der Waals surface area contributed by atoms with Gasteiger partial charge >= 0.3 is 0 Å². The van der Waals surface area contributed by atoms with Gasteiger partial charge in [0.2, 0.25) is 0 Å². The minimum Gasteiger partial charge on any atom is -0.481 e. The van der Waals surface area contributed by atoms with Gasteiger partial charge in [0, 0.05) is 23.1 Å². The number of terminal acetylenes is 1. The smallest absolute Gasteiger partial charge is 0.163 e. The highest BCUT2D eigenvalue weighted by molar-refractivity contribution is 9.10. The number of hydrogen-bond acceptors (Lipinski definition) is 4. The molecule has 1 N–H and O–H groups in total. The summed E-state index contributed by atoms with van der Waals surface area (Å²) in [6.07, 6.45) is 5.31. The molecule has 21 heavy (non-hydrogen) atoms. The molecule has 114 valence electrons. The van der Waals surface area contributed by atoms with Gasteiger partial charge in [0.1, 0.15) is 12.4 Å². The maximum absolute atomic E-state index is 5.75. The molecule has 0 amide bonds. The van der Waals surface area contributed by atoms with Gasteiger partial charge < -0.3 is 19.5 Å². The normalized spacial score (nSPS) is 20.2. The van der Waals surface area contributed by atoms with Crippen LogP contribution >= 0.6 is 15.9 Å². The van der Waals surface area contributed by atoms with Gasteiger partial charge in [-0.1, -0.05) is 21.9 Å². The lowest BCUT2D eigenvalue weighted by Gasteiger charge is -2.17. The molecule has 1 unspecified atom stereocenters. The van der Waals surface area contributed by atoms with Gasteiger partial charge in [0.05, 0.1) is 12.7 Å². The number of rotatable bonds is 6. The molecule has 0 aromatic heterocycles. The van der Waals surface area contributed by atoms with Crippen LogP contribution in [-0.4, -0.2) is 31.6 Å². The van der Waals surface area contributed by atoms with Crippen molar-refractivity contribution in [3.63, 3.8) is 0 Å². The monoisotopic (exact) mass is 353 g/mol. The number of nitrogens with one attached hydrogen (secondary N) is 1. The Labute approximate surface area is 134 Å². The van der Waals surface area contributed by atoms with Crippen LogP contribution in [0.2, 0.25) is 0 Å². The van der Waals surface area contributed by atoms with E-state index in [4.69, 9.17) is 20.6 Å². The highest BCUT2D eigenvalue weighted by Gasteiger charge is 2.32. The topological polar surface area (TPSA) is 39.7 Å². The molecule has 1 aromatic carbocycles. The van der Waals surface area contributed by atoms with Gasteiger partial charge in [-0.2, -0.15) is 0 Å². The molecular formula is C16H20BrNO3. The summed E-state index contributed by atoms with van der Waals surface area (Å²) in [6.45, 7) is 6.13. The van der Waals surface area contributed by atoms with Crippen LogP contribution in [0.15, 0.2) is 22.7 Å². The third-order valence-corrected chi connectivity index (χ3v) is 3.58. The van der Waals surface area contributed by atoms with Crippen LogP contribution in [0, 0.1) is 12.3 Å². The minimum absolute atomic E-state index is 0.0715. The van der Waals surface area contributed by atoms with Crippen LogP contribution in [0.3, 0.4) is 0 Å². The number of benzene rings is 1. The van der Waals surface area contributed by atoms with Crippen LogP contribution in [0.1, 0.15) is 19.4 Å². The van der Waals surface area contributed by atoms with Crippen LogP contribution < -0.4 is 10.1 Å². The Balaban J connectivity index is 1.87. The Hall–Kier alpha value is -1.06. The Kier molecular flexibility index (Phi) is 5.65. The lowest BCUT2D eigenvalue weighted by molar-refractivity contribution is -0.137. The molecule has 2 rings (SSSR count). The van der Waals surface area contributed by atoms with E-state index in [0.717, 1.165) is 22.3 Å². The summed E-state index contributed by atoms with van der Waals surface area (Å²) in [5.74, 6) is 2.79. The van der Waals surface area contributed by atoms with Gasteiger partial charge in [0.25, 0.3) is 0 Å². The fourth-order valence-electron chi connectivity index (χ4n) is 2.18. The van der Waals surface area contributed by atoms with E-state index >= 15 is 0 Å². The molecule has 1 saturated heterocycles. The van der Waals surface area contributed by atoms with Crippen LogP contribution in [0.5, 0.6) is 5.75 Å². The van der Waals surface area contributed by atoms with Crippen molar-refractivity contribution in [3.05, 3.63) is 28.2 Å². The third kappa shape index (κ3) is 5.01. The van der Waals surface area contributed by atoms with Gasteiger partial charge in [-0.15, -0.1) is 6.42 Å².